The molecule has 1 N–H and O–H groups in total. The minimum atomic E-state index is -0.146. The lowest BCUT2D eigenvalue weighted by molar-refractivity contribution is -0.133. The average molecular weight is 381 g/mol. The number of likely N-dealkylation sites (N-methyl/N-ethyl adjacent to an activating group) is 1. The van der Waals surface area contributed by atoms with Crippen molar-refractivity contribution in [1.29, 1.82) is 0 Å². The monoisotopic (exact) mass is 381 g/mol. The van der Waals surface area contributed by atoms with E-state index in [0.29, 0.717) is 24.5 Å². The number of carbonyl (C=O) groups excluding carboxylic acids is 2. The molecule has 2 amide bonds. The van der Waals surface area contributed by atoms with Crippen LogP contribution in [0.2, 0.25) is 0 Å². The molecule has 0 atom stereocenters. The lowest BCUT2D eigenvalue weighted by Gasteiger charge is -2.31. The molecule has 6 heteroatoms. The van der Waals surface area contributed by atoms with Gasteiger partial charge in [-0.15, -0.1) is 0 Å². The summed E-state index contributed by atoms with van der Waals surface area (Å²) in [4.78, 5) is 28.9. The second kappa shape index (κ2) is 9.37. The molecule has 0 saturated heterocycles. The van der Waals surface area contributed by atoms with Gasteiger partial charge < -0.3 is 15.0 Å². The molecule has 0 fully saturated rings. The first kappa shape index (κ1) is 19.9. The van der Waals surface area contributed by atoms with E-state index in [-0.39, 0.29) is 24.9 Å². The zero-order valence-corrected chi connectivity index (χ0v) is 16.5. The first-order valence-corrected chi connectivity index (χ1v) is 9.60. The summed E-state index contributed by atoms with van der Waals surface area (Å²) < 4.78 is 5.17. The highest BCUT2D eigenvalue weighted by atomic mass is 16.5. The Balaban J connectivity index is 1.53. The standard InChI is InChI=1S/C22H27N3O3/c1-3-24(15-21(26)23-19-9-6-10-20(13-19)28-2)16-22(27)25-12-11-17-7-4-5-8-18(17)14-25/h4-10,13H,3,11-12,14-16H2,1-2H3,(H,23,26). The van der Waals surface area contributed by atoms with E-state index >= 15 is 0 Å². The van der Waals surface area contributed by atoms with Crippen LogP contribution in [0.25, 0.3) is 0 Å². The number of carbonyl (C=O) groups is 2. The van der Waals surface area contributed by atoms with Gasteiger partial charge in [0.2, 0.25) is 11.8 Å². The molecule has 0 spiro atoms. The van der Waals surface area contributed by atoms with E-state index in [1.807, 2.05) is 47.1 Å². The maximum absolute atomic E-state index is 12.7. The van der Waals surface area contributed by atoms with E-state index in [9.17, 15) is 9.59 Å². The fourth-order valence-electron chi connectivity index (χ4n) is 3.38. The van der Waals surface area contributed by atoms with E-state index in [1.165, 1.54) is 11.1 Å². The molecular formula is C22H27N3O3. The van der Waals surface area contributed by atoms with Crippen molar-refractivity contribution in [2.24, 2.45) is 0 Å². The molecule has 0 aromatic heterocycles. The molecule has 28 heavy (non-hydrogen) atoms. The van der Waals surface area contributed by atoms with Gasteiger partial charge in [-0.25, -0.2) is 0 Å². The van der Waals surface area contributed by atoms with Crippen LogP contribution in [-0.4, -0.2) is 54.9 Å². The van der Waals surface area contributed by atoms with Gasteiger partial charge in [0.1, 0.15) is 5.75 Å². The topological polar surface area (TPSA) is 61.9 Å². The molecule has 0 radical (unpaired) electrons. The van der Waals surface area contributed by atoms with Gasteiger partial charge in [-0.1, -0.05) is 37.3 Å². The number of anilines is 1. The SMILES string of the molecule is CCN(CC(=O)Nc1cccc(OC)c1)CC(=O)N1CCc2ccccc2C1. The summed E-state index contributed by atoms with van der Waals surface area (Å²) >= 11 is 0. The summed E-state index contributed by atoms with van der Waals surface area (Å²) in [5.41, 5.74) is 3.21. The van der Waals surface area contributed by atoms with Crippen LogP contribution < -0.4 is 10.1 Å². The summed E-state index contributed by atoms with van der Waals surface area (Å²) in [5.74, 6) is 0.600. The van der Waals surface area contributed by atoms with Crippen LogP contribution in [-0.2, 0) is 22.6 Å². The van der Waals surface area contributed by atoms with Crippen molar-refractivity contribution in [3.8, 4) is 5.75 Å². The third kappa shape index (κ3) is 5.10. The van der Waals surface area contributed by atoms with Gasteiger partial charge in [-0.3, -0.25) is 14.5 Å². The smallest absolute Gasteiger partial charge is 0.238 e. The van der Waals surface area contributed by atoms with Gasteiger partial charge in [0.05, 0.1) is 20.2 Å². The molecule has 2 aromatic carbocycles. The number of amides is 2. The van der Waals surface area contributed by atoms with Crippen molar-refractivity contribution in [3.63, 3.8) is 0 Å². The number of benzene rings is 2. The Morgan fingerprint density at radius 3 is 2.64 bits per heavy atom. The van der Waals surface area contributed by atoms with E-state index in [0.717, 1.165) is 13.0 Å². The molecule has 0 aliphatic carbocycles. The van der Waals surface area contributed by atoms with Gasteiger partial charge in [0.25, 0.3) is 0 Å². The molecule has 1 aliphatic heterocycles. The predicted molar refractivity (Wildman–Crippen MR) is 109 cm³/mol. The number of methoxy groups -OCH3 is 1. The Kier molecular flexibility index (Phi) is 6.66. The third-order valence-corrected chi connectivity index (χ3v) is 5.01. The second-order valence-corrected chi connectivity index (χ2v) is 6.92. The highest BCUT2D eigenvalue weighted by Gasteiger charge is 2.22. The van der Waals surface area contributed by atoms with Crippen molar-refractivity contribution >= 4 is 17.5 Å². The van der Waals surface area contributed by atoms with Crippen LogP contribution in [0.15, 0.2) is 48.5 Å². The number of nitrogens with zero attached hydrogens (tertiary/aromatic N) is 2. The molecule has 148 valence electrons. The maximum Gasteiger partial charge on any atom is 0.238 e. The van der Waals surface area contributed by atoms with Crippen molar-refractivity contribution in [2.75, 3.05) is 38.6 Å². The predicted octanol–water partition coefficient (Wildman–Crippen LogP) is 2.54. The third-order valence-electron chi connectivity index (χ3n) is 5.01. The number of ether oxygens (including phenoxy) is 1. The minimum absolute atomic E-state index is 0.0607. The van der Waals surface area contributed by atoms with E-state index in [1.54, 1.807) is 13.2 Å². The first-order chi connectivity index (χ1) is 13.6. The Hall–Kier alpha value is -2.86. The van der Waals surface area contributed by atoms with Crippen LogP contribution in [0, 0.1) is 0 Å². The highest BCUT2D eigenvalue weighted by molar-refractivity contribution is 5.92. The van der Waals surface area contributed by atoms with Gasteiger partial charge in [-0.2, -0.15) is 0 Å². The molecule has 2 aromatic rings. The number of hydrogen-bond acceptors (Lipinski definition) is 4. The quantitative estimate of drug-likeness (QED) is 0.801. The van der Waals surface area contributed by atoms with Gasteiger partial charge in [0, 0.05) is 24.8 Å². The Bertz CT molecular complexity index is 837. The number of rotatable bonds is 7. The molecule has 0 unspecified atom stereocenters. The van der Waals surface area contributed by atoms with Crippen LogP contribution in [0.1, 0.15) is 18.1 Å². The molecule has 1 heterocycles. The zero-order valence-electron chi connectivity index (χ0n) is 16.5. The van der Waals surface area contributed by atoms with Gasteiger partial charge >= 0.3 is 0 Å². The Labute approximate surface area is 166 Å². The van der Waals surface area contributed by atoms with Crippen LogP contribution in [0.4, 0.5) is 5.69 Å². The average Bonchev–Trinajstić information content (AvgIpc) is 2.72. The summed E-state index contributed by atoms with van der Waals surface area (Å²) in [5, 5.41) is 2.86. The van der Waals surface area contributed by atoms with Crippen LogP contribution >= 0.6 is 0 Å². The zero-order chi connectivity index (χ0) is 19.9. The first-order valence-electron chi connectivity index (χ1n) is 9.60. The highest BCUT2D eigenvalue weighted by Crippen LogP contribution is 2.19. The Morgan fingerprint density at radius 1 is 1.11 bits per heavy atom. The van der Waals surface area contributed by atoms with E-state index < -0.39 is 0 Å². The summed E-state index contributed by atoms with van der Waals surface area (Å²) in [6.07, 6.45) is 0.879. The van der Waals surface area contributed by atoms with Crippen molar-refractivity contribution in [3.05, 3.63) is 59.7 Å². The molecule has 1 aliphatic rings. The molecular weight excluding hydrogens is 354 g/mol. The van der Waals surface area contributed by atoms with Crippen molar-refractivity contribution in [2.45, 2.75) is 19.9 Å². The molecule has 6 nitrogen and oxygen atoms in total. The molecule has 0 bridgehead atoms. The maximum atomic E-state index is 12.7. The molecule has 3 rings (SSSR count). The lowest BCUT2D eigenvalue weighted by Crippen LogP contribution is -2.44. The normalized spacial score (nSPS) is 13.2. The fraction of sp³-hybridized carbons (Fsp3) is 0.364. The summed E-state index contributed by atoms with van der Waals surface area (Å²) in [6.45, 7) is 4.36. The number of hydrogen-bond donors (Lipinski definition) is 1. The Morgan fingerprint density at radius 2 is 1.89 bits per heavy atom. The van der Waals surface area contributed by atoms with Crippen molar-refractivity contribution < 1.29 is 14.3 Å². The van der Waals surface area contributed by atoms with Crippen molar-refractivity contribution in [1.82, 2.24) is 9.80 Å². The van der Waals surface area contributed by atoms with E-state index in [2.05, 4.69) is 17.4 Å². The summed E-state index contributed by atoms with van der Waals surface area (Å²) in [7, 11) is 1.59. The number of nitrogens with one attached hydrogen (secondary N) is 1. The lowest BCUT2D eigenvalue weighted by atomic mass is 10.00. The van der Waals surface area contributed by atoms with Gasteiger partial charge in [-0.05, 0) is 36.2 Å². The molecule has 0 saturated carbocycles. The van der Waals surface area contributed by atoms with Gasteiger partial charge in [0.15, 0.2) is 0 Å². The largest absolute Gasteiger partial charge is 0.497 e. The minimum Gasteiger partial charge on any atom is -0.497 e. The van der Waals surface area contributed by atoms with E-state index in [4.69, 9.17) is 4.74 Å². The van der Waals surface area contributed by atoms with Crippen LogP contribution in [0.5, 0.6) is 5.75 Å². The summed E-state index contributed by atoms with van der Waals surface area (Å²) in [6, 6.07) is 15.5. The van der Waals surface area contributed by atoms with Crippen LogP contribution in [0.3, 0.4) is 0 Å². The number of fused-ring (bicyclic) bond motifs is 1. The fourth-order valence-corrected chi connectivity index (χ4v) is 3.38. The second-order valence-electron chi connectivity index (χ2n) is 6.92.